The van der Waals surface area contributed by atoms with E-state index in [1.54, 1.807) is 0 Å². The lowest BCUT2D eigenvalue weighted by Gasteiger charge is -2.32. The van der Waals surface area contributed by atoms with Crippen LogP contribution >= 0.6 is 0 Å². The van der Waals surface area contributed by atoms with Crippen molar-refractivity contribution in [1.82, 2.24) is 0 Å². The number of ether oxygens (including phenoxy) is 2. The van der Waals surface area contributed by atoms with Crippen molar-refractivity contribution in [3.8, 4) is 0 Å². The molecular formula is C13H25NO2. The fourth-order valence-electron chi connectivity index (χ4n) is 2.98. The SMILES string of the molecule is CCC1CCC(C(N)CC2OCCO2)CC1. The topological polar surface area (TPSA) is 44.5 Å². The highest BCUT2D eigenvalue weighted by Crippen LogP contribution is 2.33. The summed E-state index contributed by atoms with van der Waals surface area (Å²) in [7, 11) is 0. The van der Waals surface area contributed by atoms with Gasteiger partial charge in [0.1, 0.15) is 0 Å². The molecule has 1 saturated heterocycles. The van der Waals surface area contributed by atoms with Gasteiger partial charge in [0.2, 0.25) is 0 Å². The average Bonchev–Trinajstić information content (AvgIpc) is 2.82. The van der Waals surface area contributed by atoms with Crippen LogP contribution in [0.1, 0.15) is 45.4 Å². The Balaban J connectivity index is 1.70. The molecule has 1 aliphatic carbocycles. The van der Waals surface area contributed by atoms with Gasteiger partial charge in [0, 0.05) is 12.5 Å². The summed E-state index contributed by atoms with van der Waals surface area (Å²) in [6, 6.07) is 0.265. The van der Waals surface area contributed by atoms with Crippen LogP contribution in [0.5, 0.6) is 0 Å². The van der Waals surface area contributed by atoms with Crippen LogP contribution in [0.15, 0.2) is 0 Å². The molecule has 2 rings (SSSR count). The number of rotatable bonds is 4. The van der Waals surface area contributed by atoms with Gasteiger partial charge >= 0.3 is 0 Å². The van der Waals surface area contributed by atoms with Crippen molar-refractivity contribution in [3.05, 3.63) is 0 Å². The Morgan fingerprint density at radius 1 is 1.12 bits per heavy atom. The first-order valence-corrected chi connectivity index (χ1v) is 6.78. The van der Waals surface area contributed by atoms with Crippen LogP contribution in [-0.2, 0) is 9.47 Å². The van der Waals surface area contributed by atoms with Gasteiger partial charge in [0.15, 0.2) is 6.29 Å². The van der Waals surface area contributed by atoms with Gasteiger partial charge in [-0.05, 0) is 24.7 Å². The lowest BCUT2D eigenvalue weighted by Crippen LogP contribution is -2.36. The summed E-state index contributed by atoms with van der Waals surface area (Å²) in [5.41, 5.74) is 6.26. The van der Waals surface area contributed by atoms with E-state index in [0.717, 1.165) is 25.6 Å². The maximum absolute atomic E-state index is 6.26. The summed E-state index contributed by atoms with van der Waals surface area (Å²) in [4.78, 5) is 0. The first kappa shape index (κ1) is 12.3. The Bertz CT molecular complexity index is 196. The van der Waals surface area contributed by atoms with Crippen molar-refractivity contribution in [3.63, 3.8) is 0 Å². The van der Waals surface area contributed by atoms with Gasteiger partial charge in [-0.3, -0.25) is 0 Å². The predicted octanol–water partition coefficient (Wildman–Crippen LogP) is 2.29. The molecule has 0 aromatic heterocycles. The molecule has 1 saturated carbocycles. The van der Waals surface area contributed by atoms with Crippen LogP contribution in [0, 0.1) is 11.8 Å². The molecule has 1 heterocycles. The molecule has 0 bridgehead atoms. The van der Waals surface area contributed by atoms with E-state index >= 15 is 0 Å². The fourth-order valence-corrected chi connectivity index (χ4v) is 2.98. The number of nitrogens with two attached hydrogens (primary N) is 1. The van der Waals surface area contributed by atoms with Gasteiger partial charge in [0.05, 0.1) is 13.2 Å². The normalized spacial score (nSPS) is 34.1. The highest BCUT2D eigenvalue weighted by Gasteiger charge is 2.28. The summed E-state index contributed by atoms with van der Waals surface area (Å²) in [5, 5.41) is 0. The molecule has 3 nitrogen and oxygen atoms in total. The van der Waals surface area contributed by atoms with Crippen LogP contribution in [0.3, 0.4) is 0 Å². The van der Waals surface area contributed by atoms with Crippen molar-refractivity contribution < 1.29 is 9.47 Å². The third-order valence-electron chi connectivity index (χ3n) is 4.23. The minimum atomic E-state index is -0.0288. The Morgan fingerprint density at radius 3 is 2.31 bits per heavy atom. The molecule has 0 amide bonds. The van der Waals surface area contributed by atoms with Crippen molar-refractivity contribution in [2.24, 2.45) is 17.6 Å². The zero-order valence-corrected chi connectivity index (χ0v) is 10.4. The third kappa shape index (κ3) is 3.19. The summed E-state index contributed by atoms with van der Waals surface area (Å²) < 4.78 is 10.9. The molecule has 1 aliphatic heterocycles. The van der Waals surface area contributed by atoms with E-state index in [0.29, 0.717) is 5.92 Å². The third-order valence-corrected chi connectivity index (χ3v) is 4.23. The maximum atomic E-state index is 6.26. The lowest BCUT2D eigenvalue weighted by molar-refractivity contribution is -0.0550. The van der Waals surface area contributed by atoms with Crippen molar-refractivity contribution >= 4 is 0 Å². The molecule has 0 aromatic carbocycles. The first-order chi connectivity index (χ1) is 7.79. The zero-order chi connectivity index (χ0) is 11.4. The molecule has 16 heavy (non-hydrogen) atoms. The van der Waals surface area contributed by atoms with Gasteiger partial charge in [0.25, 0.3) is 0 Å². The molecular weight excluding hydrogens is 202 g/mol. The standard InChI is InChI=1S/C13H25NO2/c1-2-10-3-5-11(6-4-10)12(14)9-13-15-7-8-16-13/h10-13H,2-9,14H2,1H3. The molecule has 0 radical (unpaired) electrons. The lowest BCUT2D eigenvalue weighted by atomic mass is 9.77. The number of hydrogen-bond donors (Lipinski definition) is 1. The fraction of sp³-hybridized carbons (Fsp3) is 1.00. The first-order valence-electron chi connectivity index (χ1n) is 6.78. The number of hydrogen-bond acceptors (Lipinski definition) is 3. The highest BCUT2D eigenvalue weighted by atomic mass is 16.7. The van der Waals surface area contributed by atoms with Crippen LogP contribution in [0.25, 0.3) is 0 Å². The monoisotopic (exact) mass is 227 g/mol. The molecule has 2 aliphatic rings. The maximum Gasteiger partial charge on any atom is 0.159 e. The van der Waals surface area contributed by atoms with E-state index in [2.05, 4.69) is 6.92 Å². The molecule has 0 spiro atoms. The zero-order valence-electron chi connectivity index (χ0n) is 10.4. The van der Waals surface area contributed by atoms with Crippen molar-refractivity contribution in [1.29, 1.82) is 0 Å². The summed E-state index contributed by atoms with van der Waals surface area (Å²) in [6.45, 7) is 3.77. The van der Waals surface area contributed by atoms with E-state index < -0.39 is 0 Å². The second-order valence-electron chi connectivity index (χ2n) is 5.26. The van der Waals surface area contributed by atoms with Crippen LogP contribution in [0.4, 0.5) is 0 Å². The second-order valence-corrected chi connectivity index (χ2v) is 5.26. The van der Waals surface area contributed by atoms with E-state index in [4.69, 9.17) is 15.2 Å². The Hall–Kier alpha value is -0.120. The largest absolute Gasteiger partial charge is 0.350 e. The summed E-state index contributed by atoms with van der Waals surface area (Å²) >= 11 is 0. The van der Waals surface area contributed by atoms with Gasteiger partial charge in [-0.2, -0.15) is 0 Å². The van der Waals surface area contributed by atoms with Crippen LogP contribution in [-0.4, -0.2) is 25.5 Å². The Kier molecular flexibility index (Phi) is 4.62. The Labute approximate surface area is 98.7 Å². The van der Waals surface area contributed by atoms with E-state index in [1.807, 2.05) is 0 Å². The van der Waals surface area contributed by atoms with E-state index in [9.17, 15) is 0 Å². The molecule has 2 N–H and O–H groups in total. The van der Waals surface area contributed by atoms with Crippen LogP contribution < -0.4 is 5.73 Å². The molecule has 1 atom stereocenters. The van der Waals surface area contributed by atoms with Gasteiger partial charge < -0.3 is 15.2 Å². The minimum absolute atomic E-state index is 0.0288. The average molecular weight is 227 g/mol. The van der Waals surface area contributed by atoms with Gasteiger partial charge in [-0.25, -0.2) is 0 Å². The van der Waals surface area contributed by atoms with E-state index in [-0.39, 0.29) is 12.3 Å². The quantitative estimate of drug-likeness (QED) is 0.801. The molecule has 1 unspecified atom stereocenters. The molecule has 2 fully saturated rings. The summed E-state index contributed by atoms with van der Waals surface area (Å²) in [6.07, 6.45) is 7.50. The smallest absolute Gasteiger partial charge is 0.159 e. The summed E-state index contributed by atoms with van der Waals surface area (Å²) in [5.74, 6) is 1.64. The van der Waals surface area contributed by atoms with Gasteiger partial charge in [-0.15, -0.1) is 0 Å². The van der Waals surface area contributed by atoms with E-state index in [1.165, 1.54) is 32.1 Å². The predicted molar refractivity (Wildman–Crippen MR) is 64.0 cm³/mol. The highest BCUT2D eigenvalue weighted by molar-refractivity contribution is 4.80. The minimum Gasteiger partial charge on any atom is -0.350 e. The second kappa shape index (κ2) is 5.99. The molecule has 0 aromatic rings. The van der Waals surface area contributed by atoms with Crippen molar-refractivity contribution in [2.45, 2.75) is 57.8 Å². The van der Waals surface area contributed by atoms with Crippen molar-refractivity contribution in [2.75, 3.05) is 13.2 Å². The van der Waals surface area contributed by atoms with Gasteiger partial charge in [-0.1, -0.05) is 26.2 Å². The van der Waals surface area contributed by atoms with Crippen LogP contribution in [0.2, 0.25) is 0 Å². The molecule has 94 valence electrons. The Morgan fingerprint density at radius 2 is 1.75 bits per heavy atom. The molecule has 3 heteroatoms.